The van der Waals surface area contributed by atoms with Crippen LogP contribution in [0.3, 0.4) is 0 Å². The fraction of sp³-hybridized carbons (Fsp3) is 0.200. The molecule has 0 saturated heterocycles. The molecule has 6 rings (SSSR count). The lowest BCUT2D eigenvalue weighted by Gasteiger charge is -2.31. The van der Waals surface area contributed by atoms with Gasteiger partial charge in [-0.2, -0.15) is 0 Å². The van der Waals surface area contributed by atoms with Crippen LogP contribution < -0.4 is 15.6 Å². The first-order chi connectivity index (χ1) is 25.0. The Hall–Kier alpha value is -5.45. The molecule has 0 aromatic heterocycles. The van der Waals surface area contributed by atoms with Crippen LogP contribution in [0.25, 0.3) is 21.6 Å². The van der Waals surface area contributed by atoms with E-state index in [9.17, 15) is 10.3 Å². The van der Waals surface area contributed by atoms with E-state index in [1.807, 2.05) is 115 Å². The number of hydrogen-bond acceptors (Lipinski definition) is 7. The first-order valence-corrected chi connectivity index (χ1v) is 17.4. The molecular formula is C40H37BrN6O4. The first kappa shape index (κ1) is 35.4. The smallest absolute Gasteiger partial charge is 0.266 e. The van der Waals surface area contributed by atoms with Crippen LogP contribution in [0.1, 0.15) is 34.8 Å². The minimum atomic E-state index is -1.51. The Morgan fingerprint density at radius 1 is 0.902 bits per heavy atom. The summed E-state index contributed by atoms with van der Waals surface area (Å²) < 4.78 is 13.4. The molecule has 11 heteroatoms. The van der Waals surface area contributed by atoms with E-state index in [0.717, 1.165) is 26.7 Å². The lowest BCUT2D eigenvalue weighted by Crippen LogP contribution is -2.54. The molecule has 0 aliphatic carbocycles. The summed E-state index contributed by atoms with van der Waals surface area (Å²) in [6.45, 7) is 0.907. The second-order valence-electron chi connectivity index (χ2n) is 12.0. The van der Waals surface area contributed by atoms with Gasteiger partial charge in [0.1, 0.15) is 5.75 Å². The number of azide groups is 1. The van der Waals surface area contributed by atoms with E-state index in [2.05, 4.69) is 36.8 Å². The van der Waals surface area contributed by atoms with Crippen molar-refractivity contribution in [2.75, 3.05) is 19.8 Å². The van der Waals surface area contributed by atoms with Gasteiger partial charge in [-0.15, -0.1) is 0 Å². The third-order valence-corrected chi connectivity index (χ3v) is 9.14. The number of hydrazine groups is 1. The van der Waals surface area contributed by atoms with E-state index in [1.165, 1.54) is 0 Å². The average molecular weight is 746 g/mol. The molecule has 5 aromatic carbocycles. The molecule has 10 nitrogen and oxygen atoms in total. The molecule has 0 radical (unpaired) electrons. The predicted octanol–water partition coefficient (Wildman–Crippen LogP) is 8.18. The number of carbonyl (C=O) groups is 1. The summed E-state index contributed by atoms with van der Waals surface area (Å²) in [5.41, 5.74) is 19.6. The Bertz CT molecular complexity index is 2000. The van der Waals surface area contributed by atoms with Crippen LogP contribution >= 0.6 is 15.9 Å². The number of nitrogens with one attached hydrogen (secondary N) is 2. The maximum absolute atomic E-state index is 14.6. The zero-order valence-electron chi connectivity index (χ0n) is 27.8. The van der Waals surface area contributed by atoms with E-state index < -0.39 is 17.6 Å². The molecule has 1 aliphatic heterocycles. The second-order valence-corrected chi connectivity index (χ2v) is 12.9. The third-order valence-electron chi connectivity index (χ3n) is 8.61. The highest BCUT2D eigenvalue weighted by atomic mass is 79.9. The molecule has 0 spiro atoms. The van der Waals surface area contributed by atoms with Crippen LogP contribution in [0.4, 0.5) is 5.69 Å². The molecule has 258 valence electrons. The highest BCUT2D eigenvalue weighted by Gasteiger charge is 2.53. The lowest BCUT2D eigenvalue weighted by molar-refractivity contribution is -0.130. The Morgan fingerprint density at radius 2 is 1.59 bits per heavy atom. The number of nitrogens with zero attached hydrogens (tertiary/aromatic N) is 4. The van der Waals surface area contributed by atoms with Crippen LogP contribution in [0.15, 0.2) is 142 Å². The molecule has 1 aliphatic rings. The van der Waals surface area contributed by atoms with Gasteiger partial charge in [0.15, 0.2) is 11.6 Å². The average Bonchev–Trinajstić information content (AvgIpc) is 3.56. The van der Waals surface area contributed by atoms with Crippen molar-refractivity contribution in [1.29, 1.82) is 0 Å². The summed E-state index contributed by atoms with van der Waals surface area (Å²) in [6, 6.07) is 40.5. The second kappa shape index (κ2) is 17.0. The van der Waals surface area contributed by atoms with Gasteiger partial charge in [0, 0.05) is 46.6 Å². The van der Waals surface area contributed by atoms with Crippen LogP contribution in [-0.4, -0.2) is 42.2 Å². The van der Waals surface area contributed by atoms with Gasteiger partial charge in [-0.05, 0) is 76.2 Å². The van der Waals surface area contributed by atoms with Gasteiger partial charge >= 0.3 is 0 Å². The molecule has 2 atom stereocenters. The maximum atomic E-state index is 14.6. The van der Waals surface area contributed by atoms with Crippen molar-refractivity contribution >= 4 is 33.4 Å². The van der Waals surface area contributed by atoms with E-state index in [4.69, 9.17) is 19.6 Å². The molecule has 0 unspecified atom stereocenters. The largest absolute Gasteiger partial charge is 0.494 e. The highest BCUT2D eigenvalue weighted by Crippen LogP contribution is 2.44. The van der Waals surface area contributed by atoms with E-state index in [1.54, 1.807) is 12.1 Å². The van der Waals surface area contributed by atoms with Crippen molar-refractivity contribution in [3.63, 3.8) is 0 Å². The van der Waals surface area contributed by atoms with Crippen LogP contribution in [-0.2, 0) is 22.4 Å². The molecule has 1 amide bonds. The number of benzene rings is 5. The van der Waals surface area contributed by atoms with Gasteiger partial charge in [-0.1, -0.05) is 112 Å². The molecular weight excluding hydrogens is 708 g/mol. The van der Waals surface area contributed by atoms with Crippen molar-refractivity contribution < 1.29 is 19.4 Å². The van der Waals surface area contributed by atoms with Crippen molar-refractivity contribution in [3.8, 4) is 16.9 Å². The topological polar surface area (TPSA) is 141 Å². The Balaban J connectivity index is 1.38. The standard InChI is InChI=1S/C40H37BrN6O4/c41-34-19-11-28(12-20-34)23-24-43-46-39(49)40(27-33-9-4-5-10-36(33)45-47-42)37(31-15-13-30(14-16-31)29-7-2-1-3-8-29)51-38(44-40)32-17-21-35(22-18-32)50-26-6-25-48/h1-5,7-22,37,43,48H,6,23-27H2,(H,46,49)/t37-,40-/m0/s1. The van der Waals surface area contributed by atoms with Crippen molar-refractivity contribution in [2.45, 2.75) is 30.9 Å². The van der Waals surface area contributed by atoms with E-state index in [-0.39, 0.29) is 13.0 Å². The van der Waals surface area contributed by atoms with E-state index >= 15 is 0 Å². The number of carbonyl (C=O) groups excluding carboxylic acids is 1. The van der Waals surface area contributed by atoms with Crippen LogP contribution in [0.2, 0.25) is 0 Å². The number of hydrogen-bond donors (Lipinski definition) is 3. The molecule has 1 heterocycles. The fourth-order valence-corrected chi connectivity index (χ4v) is 6.23. The van der Waals surface area contributed by atoms with Crippen LogP contribution in [0, 0.1) is 0 Å². The summed E-state index contributed by atoms with van der Waals surface area (Å²) in [4.78, 5) is 22.8. The summed E-state index contributed by atoms with van der Waals surface area (Å²) in [5, 5.41) is 13.1. The first-order valence-electron chi connectivity index (χ1n) is 16.7. The monoisotopic (exact) mass is 744 g/mol. The van der Waals surface area contributed by atoms with Gasteiger partial charge in [0.05, 0.1) is 6.61 Å². The number of aliphatic imine (C=N–C) groups is 1. The molecule has 0 saturated carbocycles. The zero-order chi connectivity index (χ0) is 35.5. The maximum Gasteiger partial charge on any atom is 0.266 e. The minimum absolute atomic E-state index is 0.0441. The van der Waals surface area contributed by atoms with E-state index in [0.29, 0.717) is 54.5 Å². The fourth-order valence-electron chi connectivity index (χ4n) is 5.97. The predicted molar refractivity (Wildman–Crippen MR) is 202 cm³/mol. The summed E-state index contributed by atoms with van der Waals surface area (Å²) in [6.07, 6.45) is 0.445. The summed E-state index contributed by atoms with van der Waals surface area (Å²) in [5.74, 6) is 0.534. The van der Waals surface area contributed by atoms with Gasteiger partial charge in [0.25, 0.3) is 5.91 Å². The van der Waals surface area contributed by atoms with Crippen molar-refractivity contribution in [1.82, 2.24) is 10.9 Å². The molecule has 51 heavy (non-hydrogen) atoms. The highest BCUT2D eigenvalue weighted by molar-refractivity contribution is 9.10. The number of ether oxygens (including phenoxy) is 2. The quantitative estimate of drug-likeness (QED) is 0.0326. The van der Waals surface area contributed by atoms with Gasteiger partial charge in [-0.3, -0.25) is 10.2 Å². The SMILES string of the molecule is [N-]=[N+]=Nc1ccccc1C[C@]1(C(=O)NNCCc2ccc(Br)cc2)N=C(c2ccc(OCCCO)cc2)O[C@H]1c1ccc(-c2ccccc2)cc1. The number of halogens is 1. The zero-order valence-corrected chi connectivity index (χ0v) is 29.4. The molecule has 0 fully saturated rings. The van der Waals surface area contributed by atoms with Gasteiger partial charge < -0.3 is 14.6 Å². The van der Waals surface area contributed by atoms with Crippen molar-refractivity contribution in [3.05, 3.63) is 165 Å². The molecule has 3 N–H and O–H groups in total. The van der Waals surface area contributed by atoms with Crippen molar-refractivity contribution in [2.24, 2.45) is 10.1 Å². The van der Waals surface area contributed by atoms with Gasteiger partial charge in [0.2, 0.25) is 5.90 Å². The number of rotatable bonds is 15. The Morgan fingerprint density at radius 3 is 2.31 bits per heavy atom. The molecule has 0 bridgehead atoms. The number of aliphatic hydroxyl groups is 1. The summed E-state index contributed by atoms with van der Waals surface area (Å²) in [7, 11) is 0. The Labute approximate surface area is 304 Å². The van der Waals surface area contributed by atoms with Crippen LogP contribution in [0.5, 0.6) is 5.75 Å². The van der Waals surface area contributed by atoms with Gasteiger partial charge in [-0.25, -0.2) is 10.4 Å². The Kier molecular flexibility index (Phi) is 11.8. The number of aliphatic hydroxyl groups excluding tert-OH is 1. The third kappa shape index (κ3) is 8.65. The summed E-state index contributed by atoms with van der Waals surface area (Å²) >= 11 is 3.47. The number of amides is 1. The minimum Gasteiger partial charge on any atom is -0.494 e. The lowest BCUT2D eigenvalue weighted by atomic mass is 9.81. The molecule has 5 aromatic rings. The normalized spacial score (nSPS) is 16.4.